The summed E-state index contributed by atoms with van der Waals surface area (Å²) in [5.41, 5.74) is 0. The number of phosphoric ester groups is 1. The van der Waals surface area contributed by atoms with E-state index in [1.54, 1.807) is 20.8 Å². The topological polar surface area (TPSA) is 105 Å². The van der Waals surface area contributed by atoms with Crippen LogP contribution in [0.3, 0.4) is 0 Å². The maximum absolute atomic E-state index is 10.9. The number of methoxy groups -OCH3 is 1. The molecule has 0 aromatic carbocycles. The molecule has 0 aromatic rings. The molecule has 7 nitrogen and oxygen atoms in total. The number of aliphatic hydroxyl groups is 1. The Kier molecular flexibility index (Phi) is 12.1. The Morgan fingerprint density at radius 1 is 1.45 bits per heavy atom. The molecular formula is C11H21ClO7P-. The van der Waals surface area contributed by atoms with E-state index in [0.29, 0.717) is 0 Å². The van der Waals surface area contributed by atoms with Gasteiger partial charge in [-0.15, -0.1) is 11.6 Å². The predicted molar refractivity (Wildman–Crippen MR) is 73.5 cm³/mol. The van der Waals surface area contributed by atoms with Crippen molar-refractivity contribution < 1.29 is 33.1 Å². The fourth-order valence-electron chi connectivity index (χ4n) is 0.712. The molecule has 0 aliphatic heterocycles. The van der Waals surface area contributed by atoms with Gasteiger partial charge in [0.2, 0.25) is 0 Å². The highest BCUT2D eigenvalue weighted by molar-refractivity contribution is 7.45. The number of halogens is 1. The zero-order valence-electron chi connectivity index (χ0n) is 12.2. The summed E-state index contributed by atoms with van der Waals surface area (Å²) in [6.07, 6.45) is 0.596. The molecule has 0 saturated carbocycles. The second-order valence-electron chi connectivity index (χ2n) is 3.99. The Morgan fingerprint density at radius 2 is 1.95 bits per heavy atom. The smallest absolute Gasteiger partial charge is 0.333 e. The van der Waals surface area contributed by atoms with E-state index >= 15 is 0 Å². The largest absolute Gasteiger partial charge is 0.756 e. The molecule has 0 aliphatic rings. The van der Waals surface area contributed by atoms with Crippen LogP contribution in [0.15, 0.2) is 11.8 Å². The van der Waals surface area contributed by atoms with Crippen molar-refractivity contribution in [2.75, 3.05) is 13.7 Å². The Bertz CT molecular complexity index is 351. The van der Waals surface area contributed by atoms with E-state index in [2.05, 4.69) is 13.8 Å². The van der Waals surface area contributed by atoms with Crippen LogP contribution in [0.5, 0.6) is 0 Å². The van der Waals surface area contributed by atoms with Gasteiger partial charge >= 0.3 is 5.97 Å². The number of hydrogen-bond donors (Lipinski definition) is 1. The first-order valence-electron chi connectivity index (χ1n) is 5.73. The monoisotopic (exact) mass is 331 g/mol. The van der Waals surface area contributed by atoms with Crippen molar-refractivity contribution in [2.24, 2.45) is 0 Å². The Hall–Kier alpha value is -0.590. The molecule has 0 saturated heterocycles. The van der Waals surface area contributed by atoms with Gasteiger partial charge in [-0.25, -0.2) is 4.79 Å². The van der Waals surface area contributed by atoms with E-state index in [1.807, 2.05) is 0 Å². The van der Waals surface area contributed by atoms with Crippen LogP contribution < -0.4 is 4.89 Å². The van der Waals surface area contributed by atoms with E-state index in [4.69, 9.17) is 16.7 Å². The molecule has 0 spiro atoms. The van der Waals surface area contributed by atoms with Crippen molar-refractivity contribution in [3.63, 3.8) is 0 Å². The fraction of sp³-hybridized carbons (Fsp3) is 0.727. The minimum absolute atomic E-state index is 0.0446. The number of alkyl halides is 1. The van der Waals surface area contributed by atoms with Gasteiger partial charge in [-0.2, -0.15) is 0 Å². The summed E-state index contributed by atoms with van der Waals surface area (Å²) in [7, 11) is -2.89. The molecule has 120 valence electrons. The first kappa shape index (κ1) is 21.7. The van der Waals surface area contributed by atoms with Crippen LogP contribution in [0.2, 0.25) is 0 Å². The summed E-state index contributed by atoms with van der Waals surface area (Å²) in [6.45, 7) is 6.19. The highest BCUT2D eigenvalue weighted by Crippen LogP contribution is 2.39. The molecule has 0 aliphatic carbocycles. The second kappa shape index (κ2) is 11.1. The first-order valence-corrected chi connectivity index (χ1v) is 7.63. The Balaban J connectivity index is 0. The van der Waals surface area contributed by atoms with Gasteiger partial charge in [-0.3, -0.25) is 4.57 Å². The van der Waals surface area contributed by atoms with Gasteiger partial charge in [0, 0.05) is 0 Å². The molecule has 0 aromatic heterocycles. The molecule has 20 heavy (non-hydrogen) atoms. The minimum atomic E-state index is -4.14. The number of phosphoric acid groups is 1. The van der Waals surface area contributed by atoms with Crippen LogP contribution in [-0.2, 0) is 23.1 Å². The zero-order chi connectivity index (χ0) is 16.3. The summed E-state index contributed by atoms with van der Waals surface area (Å²) in [6, 6.07) is 0. The SMILES string of the molecule is CC(Cl)COP(=O)([O-])OC(C)C.COC(=O)/C=C(/C)O. The van der Waals surface area contributed by atoms with Crippen LogP contribution in [0.4, 0.5) is 0 Å². The molecule has 0 heterocycles. The van der Waals surface area contributed by atoms with Crippen molar-refractivity contribution in [1.29, 1.82) is 0 Å². The maximum atomic E-state index is 10.9. The second-order valence-corrected chi connectivity index (χ2v) is 6.10. The lowest BCUT2D eigenvalue weighted by Gasteiger charge is -2.25. The van der Waals surface area contributed by atoms with Crippen molar-refractivity contribution >= 4 is 25.4 Å². The molecule has 0 rings (SSSR count). The normalized spacial score (nSPS) is 15.9. The molecule has 2 atom stereocenters. The number of carbonyl (C=O) groups excluding carboxylic acids is 1. The van der Waals surface area contributed by atoms with Crippen LogP contribution >= 0.6 is 19.4 Å². The molecule has 0 radical (unpaired) electrons. The van der Waals surface area contributed by atoms with Crippen molar-refractivity contribution in [3.05, 3.63) is 11.8 Å². The average molecular weight is 332 g/mol. The zero-order valence-corrected chi connectivity index (χ0v) is 13.8. The minimum Gasteiger partial charge on any atom is -0.756 e. The number of esters is 1. The van der Waals surface area contributed by atoms with Gasteiger partial charge in [0.25, 0.3) is 7.82 Å². The molecule has 0 amide bonds. The van der Waals surface area contributed by atoms with Crippen LogP contribution in [0.1, 0.15) is 27.7 Å². The molecule has 0 fully saturated rings. The van der Waals surface area contributed by atoms with Crippen LogP contribution in [0, 0.1) is 0 Å². The van der Waals surface area contributed by atoms with Crippen molar-refractivity contribution in [3.8, 4) is 0 Å². The standard InChI is InChI=1S/C6H14ClO4P.C5H8O3/c1-5(2)11-12(8,9)10-4-6(3)7;1-4(6)3-5(7)8-2/h5-6H,4H2,1-3H3,(H,8,9);3,6H,1-2H3/p-1/b;4-3-. The maximum Gasteiger partial charge on any atom is 0.333 e. The number of ether oxygens (including phenoxy) is 1. The number of rotatable bonds is 6. The third kappa shape index (κ3) is 17.4. The number of carbonyl (C=O) groups is 1. The quantitative estimate of drug-likeness (QED) is 0.261. The lowest BCUT2D eigenvalue weighted by Crippen LogP contribution is -2.15. The van der Waals surface area contributed by atoms with Gasteiger partial charge in [-0.05, 0) is 27.7 Å². The van der Waals surface area contributed by atoms with E-state index in [1.165, 1.54) is 14.0 Å². The lowest BCUT2D eigenvalue weighted by molar-refractivity contribution is -0.228. The third-order valence-corrected chi connectivity index (χ3v) is 2.60. The van der Waals surface area contributed by atoms with Gasteiger partial charge in [0.15, 0.2) is 0 Å². The number of aliphatic hydroxyl groups excluding tert-OH is 1. The summed E-state index contributed by atoms with van der Waals surface area (Å²) >= 11 is 5.48. The van der Waals surface area contributed by atoms with Crippen molar-refractivity contribution in [2.45, 2.75) is 39.2 Å². The van der Waals surface area contributed by atoms with Crippen molar-refractivity contribution in [1.82, 2.24) is 0 Å². The Morgan fingerprint density at radius 3 is 2.20 bits per heavy atom. The molecule has 1 N–H and O–H groups in total. The molecule has 2 unspecified atom stereocenters. The van der Waals surface area contributed by atoms with Gasteiger partial charge in [-0.1, -0.05) is 0 Å². The van der Waals surface area contributed by atoms with Gasteiger partial charge in [0.05, 0.1) is 37.0 Å². The summed E-state index contributed by atoms with van der Waals surface area (Å²) in [4.78, 5) is 21.0. The van der Waals surface area contributed by atoms with E-state index in [-0.39, 0.29) is 17.7 Å². The molecular weight excluding hydrogens is 311 g/mol. The first-order chi connectivity index (χ1) is 9.00. The third-order valence-electron chi connectivity index (χ3n) is 1.33. The van der Waals surface area contributed by atoms with E-state index < -0.39 is 19.9 Å². The van der Waals surface area contributed by atoms with Crippen LogP contribution in [-0.4, -0.2) is 36.3 Å². The van der Waals surface area contributed by atoms with E-state index in [9.17, 15) is 14.3 Å². The average Bonchev–Trinajstić information content (AvgIpc) is 2.24. The highest BCUT2D eigenvalue weighted by Gasteiger charge is 2.12. The summed E-state index contributed by atoms with van der Waals surface area (Å²) in [5.74, 6) is -0.582. The fourth-order valence-corrected chi connectivity index (χ4v) is 1.85. The summed E-state index contributed by atoms with van der Waals surface area (Å²) < 4.78 is 24.0. The number of hydrogen-bond acceptors (Lipinski definition) is 7. The Labute approximate surface area is 124 Å². The highest BCUT2D eigenvalue weighted by atomic mass is 35.5. The molecule has 0 bridgehead atoms. The van der Waals surface area contributed by atoms with Gasteiger partial charge < -0.3 is 23.8 Å². The summed E-state index contributed by atoms with van der Waals surface area (Å²) in [5, 5.41) is 8.07. The van der Waals surface area contributed by atoms with Crippen LogP contribution in [0.25, 0.3) is 0 Å². The number of allylic oxidation sites excluding steroid dienone is 1. The van der Waals surface area contributed by atoms with E-state index in [0.717, 1.165) is 6.08 Å². The predicted octanol–water partition coefficient (Wildman–Crippen LogP) is 2.14. The lowest BCUT2D eigenvalue weighted by atomic mass is 10.5. The molecule has 9 heteroatoms. The van der Waals surface area contributed by atoms with Gasteiger partial charge in [0.1, 0.15) is 0 Å².